The van der Waals surface area contributed by atoms with Crippen LogP contribution >= 0.6 is 0 Å². The van der Waals surface area contributed by atoms with Gasteiger partial charge in [0, 0.05) is 18.3 Å². The summed E-state index contributed by atoms with van der Waals surface area (Å²) in [5.41, 5.74) is 7.28. The molecule has 0 spiro atoms. The van der Waals surface area contributed by atoms with E-state index >= 15 is 0 Å². The fourth-order valence-electron chi connectivity index (χ4n) is 2.34. The minimum atomic E-state index is 0.225. The molecule has 17 heavy (non-hydrogen) atoms. The van der Waals surface area contributed by atoms with E-state index in [9.17, 15) is 0 Å². The fraction of sp³-hybridized carbons (Fsp3) is 0.786. The van der Waals surface area contributed by atoms with Crippen LogP contribution in [0.25, 0.3) is 0 Å². The van der Waals surface area contributed by atoms with Crippen molar-refractivity contribution in [2.45, 2.75) is 66.0 Å². The molecule has 2 atom stereocenters. The molecule has 0 radical (unpaired) electrons. The number of aromatic nitrogens is 2. The Balaban J connectivity index is 2.65. The Morgan fingerprint density at radius 1 is 1.41 bits per heavy atom. The van der Waals surface area contributed by atoms with Gasteiger partial charge in [-0.1, -0.05) is 20.8 Å². The molecule has 0 aliphatic carbocycles. The van der Waals surface area contributed by atoms with Crippen molar-refractivity contribution in [3.05, 3.63) is 18.0 Å². The summed E-state index contributed by atoms with van der Waals surface area (Å²) < 4.78 is 2.07. The van der Waals surface area contributed by atoms with Crippen molar-refractivity contribution >= 4 is 0 Å². The molecule has 1 rings (SSSR count). The highest BCUT2D eigenvalue weighted by atomic mass is 15.3. The quantitative estimate of drug-likeness (QED) is 0.826. The lowest BCUT2D eigenvalue weighted by atomic mass is 9.82. The first-order valence-electron chi connectivity index (χ1n) is 6.63. The third-order valence-corrected chi connectivity index (χ3v) is 3.24. The maximum atomic E-state index is 5.88. The van der Waals surface area contributed by atoms with Crippen LogP contribution in [0.3, 0.4) is 0 Å². The number of hydrogen-bond donors (Lipinski definition) is 1. The van der Waals surface area contributed by atoms with Gasteiger partial charge in [0.15, 0.2) is 0 Å². The average molecular weight is 237 g/mol. The van der Waals surface area contributed by atoms with Crippen LogP contribution in [-0.4, -0.2) is 15.8 Å². The standard InChI is InChI=1S/C14H27N3/c1-6-12(3)17-8-7-13(16-17)10-14(4,5)9-11(2)15/h7-8,11-12H,6,9-10,15H2,1-5H3. The smallest absolute Gasteiger partial charge is 0.0630 e. The lowest BCUT2D eigenvalue weighted by Crippen LogP contribution is -2.26. The Morgan fingerprint density at radius 2 is 2.06 bits per heavy atom. The van der Waals surface area contributed by atoms with Crippen molar-refractivity contribution in [2.75, 3.05) is 0 Å². The summed E-state index contributed by atoms with van der Waals surface area (Å²) >= 11 is 0. The fourth-order valence-corrected chi connectivity index (χ4v) is 2.34. The Morgan fingerprint density at radius 3 is 2.59 bits per heavy atom. The maximum absolute atomic E-state index is 5.88. The van der Waals surface area contributed by atoms with E-state index in [0.29, 0.717) is 6.04 Å². The highest BCUT2D eigenvalue weighted by Crippen LogP contribution is 2.26. The van der Waals surface area contributed by atoms with Crippen LogP contribution in [-0.2, 0) is 6.42 Å². The molecule has 0 aliphatic heterocycles. The second-order valence-electron chi connectivity index (χ2n) is 6.07. The molecule has 0 amide bonds. The summed E-state index contributed by atoms with van der Waals surface area (Å²) in [5, 5.41) is 4.65. The molecule has 1 heterocycles. The van der Waals surface area contributed by atoms with Crippen LogP contribution in [0.1, 0.15) is 59.2 Å². The first kappa shape index (κ1) is 14.2. The van der Waals surface area contributed by atoms with Gasteiger partial charge >= 0.3 is 0 Å². The van der Waals surface area contributed by atoms with E-state index in [4.69, 9.17) is 5.73 Å². The molecule has 0 aliphatic rings. The zero-order valence-electron chi connectivity index (χ0n) is 11.9. The van der Waals surface area contributed by atoms with Crippen molar-refractivity contribution < 1.29 is 0 Å². The molecule has 2 N–H and O–H groups in total. The van der Waals surface area contributed by atoms with Crippen molar-refractivity contribution in [3.8, 4) is 0 Å². The van der Waals surface area contributed by atoms with Crippen molar-refractivity contribution in [1.29, 1.82) is 0 Å². The Kier molecular flexibility index (Phi) is 4.75. The summed E-state index contributed by atoms with van der Waals surface area (Å²) in [6.07, 6.45) is 5.23. The molecule has 0 saturated carbocycles. The van der Waals surface area contributed by atoms with Crippen LogP contribution in [0, 0.1) is 5.41 Å². The number of hydrogen-bond acceptors (Lipinski definition) is 2. The molecule has 3 nitrogen and oxygen atoms in total. The van der Waals surface area contributed by atoms with Gasteiger partial charge in [0.25, 0.3) is 0 Å². The Bertz CT molecular complexity index is 339. The van der Waals surface area contributed by atoms with Gasteiger partial charge in [0.2, 0.25) is 0 Å². The average Bonchev–Trinajstić information content (AvgIpc) is 2.61. The summed E-state index contributed by atoms with van der Waals surface area (Å²) in [7, 11) is 0. The predicted molar refractivity (Wildman–Crippen MR) is 73.0 cm³/mol. The van der Waals surface area contributed by atoms with E-state index in [1.807, 2.05) is 0 Å². The maximum Gasteiger partial charge on any atom is 0.0630 e. The van der Waals surface area contributed by atoms with Crippen LogP contribution in [0.2, 0.25) is 0 Å². The minimum Gasteiger partial charge on any atom is -0.328 e. The molecular formula is C14H27N3. The Hall–Kier alpha value is -0.830. The van der Waals surface area contributed by atoms with Gasteiger partial charge in [-0.25, -0.2) is 0 Å². The SMILES string of the molecule is CCC(C)n1ccc(CC(C)(C)CC(C)N)n1. The lowest BCUT2D eigenvalue weighted by molar-refractivity contribution is 0.304. The van der Waals surface area contributed by atoms with Gasteiger partial charge in [-0.15, -0.1) is 0 Å². The number of rotatable bonds is 6. The summed E-state index contributed by atoms with van der Waals surface area (Å²) in [6, 6.07) is 2.87. The minimum absolute atomic E-state index is 0.225. The van der Waals surface area contributed by atoms with E-state index in [2.05, 4.69) is 56.7 Å². The van der Waals surface area contributed by atoms with E-state index in [0.717, 1.165) is 19.3 Å². The molecule has 0 aromatic carbocycles. The largest absolute Gasteiger partial charge is 0.328 e. The topological polar surface area (TPSA) is 43.8 Å². The highest BCUT2D eigenvalue weighted by Gasteiger charge is 2.21. The Labute approximate surface area is 105 Å². The van der Waals surface area contributed by atoms with Gasteiger partial charge in [0.1, 0.15) is 0 Å². The first-order valence-corrected chi connectivity index (χ1v) is 6.63. The van der Waals surface area contributed by atoms with Crippen molar-refractivity contribution in [3.63, 3.8) is 0 Å². The second kappa shape index (κ2) is 5.67. The monoisotopic (exact) mass is 237 g/mol. The summed E-state index contributed by atoms with van der Waals surface area (Å²) in [5.74, 6) is 0. The molecule has 3 heteroatoms. The van der Waals surface area contributed by atoms with Crippen LogP contribution < -0.4 is 5.73 Å². The van der Waals surface area contributed by atoms with E-state index in [1.165, 1.54) is 5.69 Å². The third-order valence-electron chi connectivity index (χ3n) is 3.24. The van der Waals surface area contributed by atoms with Gasteiger partial charge in [-0.3, -0.25) is 4.68 Å². The van der Waals surface area contributed by atoms with Crippen LogP contribution in [0.4, 0.5) is 0 Å². The normalized spacial score (nSPS) is 15.9. The van der Waals surface area contributed by atoms with E-state index in [1.54, 1.807) is 0 Å². The van der Waals surface area contributed by atoms with Gasteiger partial charge in [-0.2, -0.15) is 5.10 Å². The van der Waals surface area contributed by atoms with E-state index in [-0.39, 0.29) is 11.5 Å². The number of nitrogens with two attached hydrogens (primary N) is 1. The molecule has 1 aromatic heterocycles. The van der Waals surface area contributed by atoms with Gasteiger partial charge in [-0.05, 0) is 44.6 Å². The third kappa shape index (κ3) is 4.50. The van der Waals surface area contributed by atoms with E-state index < -0.39 is 0 Å². The zero-order chi connectivity index (χ0) is 13.1. The predicted octanol–water partition coefficient (Wildman–Crippen LogP) is 3.16. The van der Waals surface area contributed by atoms with Crippen LogP contribution in [0.15, 0.2) is 12.3 Å². The van der Waals surface area contributed by atoms with Crippen molar-refractivity contribution in [2.24, 2.45) is 11.1 Å². The molecule has 0 bridgehead atoms. The summed E-state index contributed by atoms with van der Waals surface area (Å²) in [6.45, 7) is 11.0. The molecule has 0 fully saturated rings. The summed E-state index contributed by atoms with van der Waals surface area (Å²) in [4.78, 5) is 0. The molecule has 0 saturated heterocycles. The van der Waals surface area contributed by atoms with Crippen molar-refractivity contribution in [1.82, 2.24) is 9.78 Å². The molecular weight excluding hydrogens is 210 g/mol. The number of nitrogens with zero attached hydrogens (tertiary/aromatic N) is 2. The van der Waals surface area contributed by atoms with Gasteiger partial charge < -0.3 is 5.73 Å². The second-order valence-corrected chi connectivity index (χ2v) is 6.07. The molecule has 1 aromatic rings. The highest BCUT2D eigenvalue weighted by molar-refractivity contribution is 5.03. The lowest BCUT2D eigenvalue weighted by Gasteiger charge is -2.25. The molecule has 2 unspecified atom stereocenters. The molecule has 98 valence electrons. The zero-order valence-corrected chi connectivity index (χ0v) is 11.9. The van der Waals surface area contributed by atoms with Crippen LogP contribution in [0.5, 0.6) is 0 Å². The van der Waals surface area contributed by atoms with Gasteiger partial charge in [0.05, 0.1) is 5.69 Å². The first-order chi connectivity index (χ1) is 7.84.